The standard InChI is InChI=1S/C49H93N19O12/c1-9-27(8)37(45(78)66-33(21-26(6)7)41(74)64-32(20-25(4)5)40(73)62-30(46(79)80)15-12-18-60-49(56)57)68-39(72)29(14-11-17-59-48(54)55)61-43(76)34(22-36(51)70)65-44(77)35(23-69)67-42(75)31(19-24(2)3)63-38(71)28(50)13-10-16-58-47(52)53/h24-35,37,69H,9-23,50H2,1-8H3,(H2,51,70)(H,61,76)(H,62,73)(H,63,71)(H,64,74)(H,65,77)(H,66,78)(H,67,75)(H,68,72)(H,79,80)(H4,52,53,58)(H4,54,55,59)(H4,56,57,60)/t27-,28-,29-,30-,31-,32-,33-,34-,35-,37-/m0/s1. The second-order valence-corrected chi connectivity index (χ2v) is 20.8. The van der Waals surface area contributed by atoms with Gasteiger partial charge in [0.2, 0.25) is 53.2 Å². The van der Waals surface area contributed by atoms with Crippen LogP contribution in [0, 0.1) is 23.7 Å². The highest BCUT2D eigenvalue weighted by atomic mass is 16.4. The third-order valence-electron chi connectivity index (χ3n) is 12.1. The predicted molar refractivity (Wildman–Crippen MR) is 300 cm³/mol. The monoisotopic (exact) mass is 1140 g/mol. The fraction of sp³-hybridized carbons (Fsp3) is 0.735. The Morgan fingerprint density at radius 2 is 0.750 bits per heavy atom. The van der Waals surface area contributed by atoms with Crippen molar-refractivity contribution in [1.29, 1.82) is 0 Å². The number of nitrogens with two attached hydrogens (primary N) is 8. The molecule has 0 aliphatic heterocycles. The molecule has 0 aromatic rings. The van der Waals surface area contributed by atoms with Crippen molar-refractivity contribution in [3.8, 4) is 0 Å². The first-order valence-electron chi connectivity index (χ1n) is 26.8. The highest BCUT2D eigenvalue weighted by molar-refractivity contribution is 5.99. The number of carbonyl (C=O) groups is 10. The van der Waals surface area contributed by atoms with Crippen LogP contribution in [0.3, 0.4) is 0 Å². The van der Waals surface area contributed by atoms with Gasteiger partial charge in [0.05, 0.1) is 19.1 Å². The molecule has 9 amide bonds. The molecule has 0 saturated carbocycles. The summed E-state index contributed by atoms with van der Waals surface area (Å²) in [7, 11) is 0. The zero-order valence-electron chi connectivity index (χ0n) is 47.5. The number of nitrogens with zero attached hydrogens (tertiary/aromatic N) is 3. The second kappa shape index (κ2) is 38.1. The van der Waals surface area contributed by atoms with Crippen molar-refractivity contribution in [1.82, 2.24) is 42.5 Å². The minimum atomic E-state index is -1.81. The molecule has 0 aliphatic carbocycles. The van der Waals surface area contributed by atoms with E-state index in [4.69, 9.17) is 45.9 Å². The van der Waals surface area contributed by atoms with Gasteiger partial charge in [0, 0.05) is 19.6 Å². The van der Waals surface area contributed by atoms with Gasteiger partial charge in [0.25, 0.3) is 0 Å². The number of carbonyl (C=O) groups excluding carboxylic acids is 9. The van der Waals surface area contributed by atoms with Crippen molar-refractivity contribution in [3.63, 3.8) is 0 Å². The summed E-state index contributed by atoms with van der Waals surface area (Å²) in [4.78, 5) is 147. The van der Waals surface area contributed by atoms with Crippen LogP contribution in [0.25, 0.3) is 0 Å². The van der Waals surface area contributed by atoms with Gasteiger partial charge in [-0.25, -0.2) is 4.79 Å². The van der Waals surface area contributed by atoms with Crippen LogP contribution < -0.4 is 88.4 Å². The van der Waals surface area contributed by atoms with Crippen LogP contribution in [0.15, 0.2) is 15.0 Å². The average molecular weight is 1140 g/mol. The van der Waals surface area contributed by atoms with Crippen molar-refractivity contribution >= 4 is 77.0 Å². The molecule has 0 bridgehead atoms. The number of aliphatic imine (C=N–C) groups is 3. The number of guanidine groups is 3. The summed E-state index contributed by atoms with van der Waals surface area (Å²) in [5.74, 6) is -11.3. The van der Waals surface area contributed by atoms with Gasteiger partial charge in [-0.05, 0) is 81.5 Å². The summed E-state index contributed by atoms with van der Waals surface area (Å²) in [6.45, 7) is 13.3. The van der Waals surface area contributed by atoms with E-state index >= 15 is 0 Å². The number of hydrogen-bond donors (Lipinski definition) is 18. The number of carboxylic acid groups (broad SMARTS) is 1. The number of aliphatic carboxylic acids is 1. The number of amides is 9. The molecule has 456 valence electrons. The van der Waals surface area contributed by atoms with Crippen LogP contribution in [0.4, 0.5) is 0 Å². The zero-order chi connectivity index (χ0) is 61.4. The van der Waals surface area contributed by atoms with E-state index in [0.717, 1.165) is 0 Å². The molecule has 0 aromatic carbocycles. The summed E-state index contributed by atoms with van der Waals surface area (Å²) in [6.07, 6.45) is 0.264. The maximum Gasteiger partial charge on any atom is 0.326 e. The Morgan fingerprint density at radius 3 is 1.14 bits per heavy atom. The van der Waals surface area contributed by atoms with Gasteiger partial charge < -0.3 is 98.6 Å². The topological polar surface area (TPSA) is 553 Å². The van der Waals surface area contributed by atoms with Gasteiger partial charge in [-0.3, -0.25) is 58.1 Å². The number of carboxylic acids is 1. The molecule has 0 unspecified atom stereocenters. The molecule has 10 atom stereocenters. The first-order chi connectivity index (χ1) is 37.3. The number of primary amides is 1. The fourth-order valence-corrected chi connectivity index (χ4v) is 7.75. The fourth-order valence-electron chi connectivity index (χ4n) is 7.75. The van der Waals surface area contributed by atoms with Gasteiger partial charge in [-0.1, -0.05) is 61.8 Å². The van der Waals surface area contributed by atoms with Crippen LogP contribution in [0.2, 0.25) is 0 Å². The smallest absolute Gasteiger partial charge is 0.326 e. The summed E-state index contributed by atoms with van der Waals surface area (Å²) in [5, 5.41) is 40.3. The van der Waals surface area contributed by atoms with E-state index in [9.17, 15) is 58.2 Å². The number of rotatable bonds is 40. The lowest BCUT2D eigenvalue weighted by Gasteiger charge is -2.30. The van der Waals surface area contributed by atoms with Crippen LogP contribution >= 0.6 is 0 Å². The molecule has 0 spiro atoms. The summed E-state index contributed by atoms with van der Waals surface area (Å²) >= 11 is 0. The maximum atomic E-state index is 14.3. The SMILES string of the molecule is CC[C@H](C)[C@H](NC(=O)[C@H](CCCN=C(N)N)NC(=O)[C@H](CC(N)=O)NC(=O)[C@H](CO)NC(=O)[C@H](CC(C)C)NC(=O)[C@@H](N)CCCN=C(N)N)C(=O)N[C@@H](CC(C)C)C(=O)N[C@@H](CC(C)C)C(=O)N[C@@H](CCCN=C(N)N)C(=O)O. The van der Waals surface area contributed by atoms with Gasteiger partial charge in [0.15, 0.2) is 17.9 Å². The van der Waals surface area contributed by atoms with Crippen LogP contribution in [0.1, 0.15) is 126 Å². The van der Waals surface area contributed by atoms with E-state index < -0.39 is 132 Å². The van der Waals surface area contributed by atoms with Crippen molar-refractivity contribution in [2.75, 3.05) is 26.2 Å². The van der Waals surface area contributed by atoms with Crippen molar-refractivity contribution in [3.05, 3.63) is 0 Å². The van der Waals surface area contributed by atoms with Crippen LogP contribution in [0.5, 0.6) is 0 Å². The third kappa shape index (κ3) is 30.5. The minimum absolute atomic E-state index is 0.0287. The lowest BCUT2D eigenvalue weighted by atomic mass is 9.95. The predicted octanol–water partition coefficient (Wildman–Crippen LogP) is -5.51. The Hall–Kier alpha value is -7.57. The highest BCUT2D eigenvalue weighted by Gasteiger charge is 2.37. The van der Waals surface area contributed by atoms with Crippen LogP contribution in [-0.2, 0) is 47.9 Å². The van der Waals surface area contributed by atoms with E-state index in [2.05, 4.69) is 57.5 Å². The Bertz CT molecular complexity index is 2130. The molecule has 0 rings (SSSR count). The van der Waals surface area contributed by atoms with Crippen LogP contribution in [-0.4, -0.2) is 168 Å². The minimum Gasteiger partial charge on any atom is -0.480 e. The summed E-state index contributed by atoms with van der Waals surface area (Å²) < 4.78 is 0. The van der Waals surface area contributed by atoms with Gasteiger partial charge >= 0.3 is 5.97 Å². The number of aliphatic hydroxyl groups excluding tert-OH is 1. The van der Waals surface area contributed by atoms with E-state index in [1.807, 2.05) is 0 Å². The molecule has 0 saturated heterocycles. The largest absolute Gasteiger partial charge is 0.480 e. The summed E-state index contributed by atoms with van der Waals surface area (Å²) in [6, 6.07) is -12.6. The molecule has 26 N–H and O–H groups in total. The molecule has 0 aromatic heterocycles. The molecule has 0 radical (unpaired) electrons. The molecular formula is C49H93N19O12. The summed E-state index contributed by atoms with van der Waals surface area (Å²) in [5.41, 5.74) is 43.9. The Kier molecular flexibility index (Phi) is 34.5. The van der Waals surface area contributed by atoms with Crippen molar-refractivity contribution < 1.29 is 58.2 Å². The van der Waals surface area contributed by atoms with Crippen molar-refractivity contribution in [2.45, 2.75) is 180 Å². The van der Waals surface area contributed by atoms with Gasteiger partial charge in [-0.2, -0.15) is 0 Å². The molecule has 31 heteroatoms. The normalized spacial score (nSPS) is 14.9. The third-order valence-corrected chi connectivity index (χ3v) is 12.1. The van der Waals surface area contributed by atoms with E-state index in [1.165, 1.54) is 0 Å². The lowest BCUT2D eigenvalue weighted by Crippen LogP contribution is -2.61. The highest BCUT2D eigenvalue weighted by Crippen LogP contribution is 2.15. The average Bonchev–Trinajstić information content (AvgIpc) is 3.35. The van der Waals surface area contributed by atoms with Gasteiger partial charge in [0.1, 0.15) is 48.3 Å². The number of nitrogens with one attached hydrogen (secondary N) is 8. The molecule has 0 heterocycles. The van der Waals surface area contributed by atoms with E-state index in [1.54, 1.807) is 55.4 Å². The maximum absolute atomic E-state index is 14.3. The molecular weight excluding hydrogens is 1050 g/mol. The van der Waals surface area contributed by atoms with Crippen molar-refractivity contribution in [2.24, 2.45) is 84.5 Å². The zero-order valence-corrected chi connectivity index (χ0v) is 47.5. The number of hydrogen-bond acceptors (Lipinski definition) is 15. The Morgan fingerprint density at radius 1 is 0.425 bits per heavy atom. The molecule has 80 heavy (non-hydrogen) atoms. The Labute approximate surface area is 467 Å². The van der Waals surface area contributed by atoms with E-state index in [-0.39, 0.29) is 107 Å². The number of aliphatic hydroxyl groups is 1. The first-order valence-corrected chi connectivity index (χ1v) is 26.8. The van der Waals surface area contributed by atoms with Gasteiger partial charge in [-0.15, -0.1) is 0 Å². The quantitative estimate of drug-likeness (QED) is 0.0155. The molecule has 0 aliphatic rings. The van der Waals surface area contributed by atoms with E-state index in [0.29, 0.717) is 12.8 Å². The second-order valence-electron chi connectivity index (χ2n) is 20.8. The molecule has 0 fully saturated rings. The molecule has 31 nitrogen and oxygen atoms in total. The lowest BCUT2D eigenvalue weighted by molar-refractivity contribution is -0.142. The Balaban J connectivity index is 6.74. The first kappa shape index (κ1) is 72.4.